The van der Waals surface area contributed by atoms with Gasteiger partial charge in [0.15, 0.2) is 0 Å². The summed E-state index contributed by atoms with van der Waals surface area (Å²) in [6, 6.07) is 8.40. The minimum Gasteiger partial charge on any atom is -0.491 e. The number of anilines is 1. The van der Waals surface area contributed by atoms with Gasteiger partial charge in [-0.1, -0.05) is 0 Å². The molecule has 1 fully saturated rings. The van der Waals surface area contributed by atoms with E-state index in [-0.39, 0.29) is 18.2 Å². The second-order valence-electron chi connectivity index (χ2n) is 6.24. The molecule has 0 radical (unpaired) electrons. The number of hydrogen-bond acceptors (Lipinski definition) is 3. The van der Waals surface area contributed by atoms with Crippen LogP contribution in [-0.2, 0) is 0 Å². The van der Waals surface area contributed by atoms with Crippen molar-refractivity contribution in [2.24, 2.45) is 0 Å². The molecule has 5 heteroatoms. The first-order valence-electron chi connectivity index (χ1n) is 8.03. The monoisotopic (exact) mass is 305 g/mol. The summed E-state index contributed by atoms with van der Waals surface area (Å²) in [7, 11) is 0. The zero-order chi connectivity index (χ0) is 16.1. The van der Waals surface area contributed by atoms with Crippen LogP contribution >= 0.6 is 0 Å². The van der Waals surface area contributed by atoms with Gasteiger partial charge in [-0.2, -0.15) is 0 Å². The Bertz CT molecular complexity index is 477. The Hall–Kier alpha value is -1.91. The Kier molecular flexibility index (Phi) is 5.52. The van der Waals surface area contributed by atoms with Crippen LogP contribution in [0.1, 0.15) is 27.7 Å². The van der Waals surface area contributed by atoms with E-state index < -0.39 is 0 Å². The summed E-state index contributed by atoms with van der Waals surface area (Å²) in [5.41, 5.74) is 1.18. The third-order valence-electron chi connectivity index (χ3n) is 3.55. The molecule has 22 heavy (non-hydrogen) atoms. The average molecular weight is 305 g/mol. The molecule has 0 saturated carbocycles. The van der Waals surface area contributed by atoms with E-state index in [0.717, 1.165) is 31.9 Å². The third kappa shape index (κ3) is 4.55. The quantitative estimate of drug-likeness (QED) is 0.930. The van der Waals surface area contributed by atoms with E-state index in [4.69, 9.17) is 4.74 Å². The van der Waals surface area contributed by atoms with Gasteiger partial charge < -0.3 is 19.9 Å². The highest BCUT2D eigenvalue weighted by Gasteiger charge is 2.21. The van der Waals surface area contributed by atoms with E-state index in [1.807, 2.05) is 44.7 Å². The van der Waals surface area contributed by atoms with Crippen molar-refractivity contribution in [1.82, 2.24) is 10.2 Å². The van der Waals surface area contributed by atoms with Crippen LogP contribution in [-0.4, -0.2) is 49.3 Å². The van der Waals surface area contributed by atoms with Crippen LogP contribution in [0, 0.1) is 0 Å². The number of nitrogens with one attached hydrogen (secondary N) is 1. The molecule has 2 rings (SSSR count). The first-order chi connectivity index (χ1) is 10.5. The Morgan fingerprint density at radius 3 is 2.14 bits per heavy atom. The van der Waals surface area contributed by atoms with Gasteiger partial charge in [0.2, 0.25) is 0 Å². The zero-order valence-corrected chi connectivity index (χ0v) is 14.0. The molecule has 1 heterocycles. The number of amides is 2. The number of urea groups is 1. The highest BCUT2D eigenvalue weighted by Crippen LogP contribution is 2.21. The summed E-state index contributed by atoms with van der Waals surface area (Å²) in [5, 5.41) is 2.94. The summed E-state index contributed by atoms with van der Waals surface area (Å²) in [4.78, 5) is 16.2. The van der Waals surface area contributed by atoms with E-state index >= 15 is 0 Å². The number of carbonyl (C=O) groups is 1. The summed E-state index contributed by atoms with van der Waals surface area (Å²) in [5.74, 6) is 0.897. The lowest BCUT2D eigenvalue weighted by Crippen LogP contribution is -2.52. The third-order valence-corrected chi connectivity index (χ3v) is 3.55. The van der Waals surface area contributed by atoms with Crippen LogP contribution in [0.3, 0.4) is 0 Å². The predicted molar refractivity (Wildman–Crippen MR) is 89.7 cm³/mol. The van der Waals surface area contributed by atoms with E-state index in [1.54, 1.807) is 0 Å². The largest absolute Gasteiger partial charge is 0.491 e. The van der Waals surface area contributed by atoms with Crippen molar-refractivity contribution >= 4 is 11.7 Å². The molecule has 0 spiro atoms. The summed E-state index contributed by atoms with van der Waals surface area (Å²) < 4.78 is 5.66. The maximum absolute atomic E-state index is 12.0. The van der Waals surface area contributed by atoms with Crippen molar-refractivity contribution in [2.75, 3.05) is 31.1 Å². The number of ether oxygens (including phenoxy) is 1. The lowest BCUT2D eigenvalue weighted by Gasteiger charge is -2.36. The second kappa shape index (κ2) is 7.38. The highest BCUT2D eigenvalue weighted by molar-refractivity contribution is 5.74. The molecule has 1 aliphatic heterocycles. The number of piperazine rings is 1. The number of benzene rings is 1. The molecule has 2 amide bonds. The summed E-state index contributed by atoms with van der Waals surface area (Å²) >= 11 is 0. The Morgan fingerprint density at radius 1 is 1.05 bits per heavy atom. The van der Waals surface area contributed by atoms with Gasteiger partial charge in [-0.15, -0.1) is 0 Å². The standard InChI is InChI=1S/C17H27N3O2/c1-13(2)18-17(21)20-11-9-19(10-12-20)15-5-7-16(8-6-15)22-14(3)4/h5-8,13-14H,9-12H2,1-4H3,(H,18,21). The van der Waals surface area contributed by atoms with Crippen LogP contribution in [0.25, 0.3) is 0 Å². The topological polar surface area (TPSA) is 44.8 Å². The van der Waals surface area contributed by atoms with E-state index in [9.17, 15) is 4.79 Å². The molecule has 122 valence electrons. The molecule has 1 N–H and O–H groups in total. The Morgan fingerprint density at radius 2 is 1.64 bits per heavy atom. The van der Waals surface area contributed by atoms with Crippen LogP contribution < -0.4 is 15.0 Å². The number of nitrogens with zero attached hydrogens (tertiary/aromatic N) is 2. The van der Waals surface area contributed by atoms with E-state index in [2.05, 4.69) is 22.3 Å². The fourth-order valence-corrected chi connectivity index (χ4v) is 2.51. The number of hydrogen-bond donors (Lipinski definition) is 1. The summed E-state index contributed by atoms with van der Waals surface area (Å²) in [6.07, 6.45) is 0.189. The van der Waals surface area contributed by atoms with Gasteiger partial charge in [0.1, 0.15) is 5.75 Å². The lowest BCUT2D eigenvalue weighted by atomic mass is 10.2. The molecule has 0 aromatic heterocycles. The normalized spacial score (nSPS) is 15.4. The number of rotatable bonds is 4. The minimum absolute atomic E-state index is 0.0373. The van der Waals surface area contributed by atoms with Gasteiger partial charge in [-0.05, 0) is 52.0 Å². The molecule has 0 bridgehead atoms. The van der Waals surface area contributed by atoms with Gasteiger partial charge in [0.05, 0.1) is 6.10 Å². The van der Waals surface area contributed by atoms with Gasteiger partial charge in [0.25, 0.3) is 0 Å². The van der Waals surface area contributed by atoms with E-state index in [0.29, 0.717) is 0 Å². The average Bonchev–Trinajstić information content (AvgIpc) is 2.47. The molecule has 0 atom stereocenters. The van der Waals surface area contributed by atoms with Crippen LogP contribution in [0.4, 0.5) is 10.5 Å². The molecular weight excluding hydrogens is 278 g/mol. The van der Waals surface area contributed by atoms with Crippen molar-refractivity contribution in [3.63, 3.8) is 0 Å². The van der Waals surface area contributed by atoms with Crippen LogP contribution in [0.15, 0.2) is 24.3 Å². The fourth-order valence-electron chi connectivity index (χ4n) is 2.51. The fraction of sp³-hybridized carbons (Fsp3) is 0.588. The molecule has 5 nitrogen and oxygen atoms in total. The van der Waals surface area contributed by atoms with Gasteiger partial charge >= 0.3 is 6.03 Å². The Labute approximate surface area is 133 Å². The molecule has 0 aliphatic carbocycles. The zero-order valence-electron chi connectivity index (χ0n) is 14.0. The molecule has 1 aliphatic rings. The number of carbonyl (C=O) groups excluding carboxylic acids is 1. The molecule has 1 saturated heterocycles. The first kappa shape index (κ1) is 16.5. The van der Waals surface area contributed by atoms with Crippen molar-refractivity contribution in [1.29, 1.82) is 0 Å². The van der Waals surface area contributed by atoms with Crippen molar-refractivity contribution < 1.29 is 9.53 Å². The van der Waals surface area contributed by atoms with Crippen molar-refractivity contribution in [2.45, 2.75) is 39.8 Å². The SMILES string of the molecule is CC(C)NC(=O)N1CCN(c2ccc(OC(C)C)cc2)CC1. The predicted octanol–water partition coefficient (Wildman–Crippen LogP) is 2.71. The van der Waals surface area contributed by atoms with Crippen molar-refractivity contribution in [3.8, 4) is 5.75 Å². The van der Waals surface area contributed by atoms with E-state index in [1.165, 1.54) is 5.69 Å². The highest BCUT2D eigenvalue weighted by atomic mass is 16.5. The molecule has 1 aromatic carbocycles. The van der Waals surface area contributed by atoms with Gasteiger partial charge in [0, 0.05) is 37.9 Å². The molecular formula is C17H27N3O2. The van der Waals surface area contributed by atoms with Crippen molar-refractivity contribution in [3.05, 3.63) is 24.3 Å². The molecule has 1 aromatic rings. The maximum Gasteiger partial charge on any atom is 0.317 e. The second-order valence-corrected chi connectivity index (χ2v) is 6.24. The molecule has 0 unspecified atom stereocenters. The first-order valence-corrected chi connectivity index (χ1v) is 8.03. The van der Waals surface area contributed by atoms with Crippen LogP contribution in [0.2, 0.25) is 0 Å². The van der Waals surface area contributed by atoms with Gasteiger partial charge in [-0.3, -0.25) is 0 Å². The smallest absolute Gasteiger partial charge is 0.317 e. The van der Waals surface area contributed by atoms with Gasteiger partial charge in [-0.25, -0.2) is 4.79 Å². The maximum atomic E-state index is 12.0. The Balaban J connectivity index is 1.87. The van der Waals surface area contributed by atoms with Crippen LogP contribution in [0.5, 0.6) is 5.75 Å². The lowest BCUT2D eigenvalue weighted by molar-refractivity contribution is 0.192. The summed E-state index contributed by atoms with van der Waals surface area (Å²) in [6.45, 7) is 11.2. The minimum atomic E-state index is 0.0373.